The Morgan fingerprint density at radius 2 is 2.00 bits per heavy atom. The van der Waals surface area contributed by atoms with Gasteiger partial charge in [0, 0.05) is 11.6 Å². The Balaban J connectivity index is 2.79. The number of unbranched alkanes of at least 4 members (excludes halogenated alkanes) is 2. The summed E-state index contributed by atoms with van der Waals surface area (Å²) < 4.78 is 11.7. The third-order valence-corrected chi connectivity index (χ3v) is 5.83. The van der Waals surface area contributed by atoms with E-state index >= 15 is 0 Å². The van der Waals surface area contributed by atoms with Gasteiger partial charge in [0.15, 0.2) is 8.03 Å². The molecule has 3 atom stereocenters. The molecule has 0 aromatic rings. The first-order valence-electron chi connectivity index (χ1n) is 8.39. The first-order chi connectivity index (χ1) is 10.5. The Morgan fingerprint density at radius 1 is 1.36 bits per heavy atom. The van der Waals surface area contributed by atoms with Crippen molar-refractivity contribution in [2.24, 2.45) is 11.7 Å². The van der Waals surface area contributed by atoms with Crippen LogP contribution in [-0.2, 0) is 9.36 Å². The zero-order chi connectivity index (χ0) is 16.5. The molecular weight excluding hydrogens is 301 g/mol. The summed E-state index contributed by atoms with van der Waals surface area (Å²) in [6.45, 7) is 2.07. The van der Waals surface area contributed by atoms with Gasteiger partial charge in [-0.1, -0.05) is 57.9 Å². The number of hydrogen-bond acceptors (Lipinski definition) is 3. The van der Waals surface area contributed by atoms with Gasteiger partial charge in [-0.2, -0.15) is 0 Å². The van der Waals surface area contributed by atoms with Crippen molar-refractivity contribution in [2.75, 3.05) is 0 Å². The maximum atomic E-state index is 11.7. The second kappa shape index (κ2) is 10.2. The van der Waals surface area contributed by atoms with Crippen LogP contribution in [0.15, 0.2) is 11.6 Å². The van der Waals surface area contributed by atoms with E-state index in [4.69, 9.17) is 5.73 Å². The summed E-state index contributed by atoms with van der Waals surface area (Å²) in [5, 5.41) is 9.43. The zero-order valence-corrected chi connectivity index (χ0v) is 14.5. The maximum absolute atomic E-state index is 11.7. The highest BCUT2D eigenvalue weighted by atomic mass is 31.1. The largest absolute Gasteiger partial charge is 0.478 e. The molecule has 0 amide bonds. The second-order valence-corrected chi connectivity index (χ2v) is 7.62. The van der Waals surface area contributed by atoms with Crippen molar-refractivity contribution in [1.82, 2.24) is 0 Å². The molecule has 0 aromatic heterocycles. The van der Waals surface area contributed by atoms with Crippen molar-refractivity contribution in [3.05, 3.63) is 11.6 Å². The zero-order valence-electron chi connectivity index (χ0n) is 13.5. The standard InChI is InChI=1S/C16H30NO4P/c1-2-3-4-9-14(17)15(22(20)21)13(16(18)19)11-10-12-7-5-6-8-12/h11-12,14-15,22H,2-10,17H2,1H3,(H,18,19)(H,20,21)/b13-11+. The van der Waals surface area contributed by atoms with Gasteiger partial charge in [-0.05, 0) is 18.8 Å². The van der Waals surface area contributed by atoms with Gasteiger partial charge >= 0.3 is 5.97 Å². The molecule has 4 N–H and O–H groups in total. The number of carboxylic acids is 1. The third-order valence-electron chi connectivity index (χ3n) is 4.56. The Labute approximate surface area is 133 Å². The first-order valence-corrected chi connectivity index (χ1v) is 9.82. The van der Waals surface area contributed by atoms with E-state index < -0.39 is 25.7 Å². The van der Waals surface area contributed by atoms with E-state index in [0.717, 1.165) is 32.1 Å². The molecule has 1 rings (SSSR count). The molecule has 0 aromatic carbocycles. The van der Waals surface area contributed by atoms with Crippen LogP contribution in [0.25, 0.3) is 0 Å². The van der Waals surface area contributed by atoms with Crippen molar-refractivity contribution < 1.29 is 19.4 Å². The van der Waals surface area contributed by atoms with Crippen LogP contribution in [0.4, 0.5) is 0 Å². The van der Waals surface area contributed by atoms with E-state index in [2.05, 4.69) is 6.92 Å². The van der Waals surface area contributed by atoms with Gasteiger partial charge < -0.3 is 15.7 Å². The molecule has 1 fully saturated rings. The van der Waals surface area contributed by atoms with Gasteiger partial charge in [0.05, 0.1) is 5.66 Å². The van der Waals surface area contributed by atoms with Crippen molar-refractivity contribution in [3.63, 3.8) is 0 Å². The van der Waals surface area contributed by atoms with E-state index in [1.807, 2.05) is 0 Å². The van der Waals surface area contributed by atoms with Gasteiger partial charge in [-0.3, -0.25) is 4.57 Å². The highest BCUT2D eigenvalue weighted by Gasteiger charge is 2.31. The smallest absolute Gasteiger partial charge is 0.332 e. The van der Waals surface area contributed by atoms with Crippen molar-refractivity contribution in [1.29, 1.82) is 0 Å². The van der Waals surface area contributed by atoms with Gasteiger partial charge in [0.2, 0.25) is 0 Å². The summed E-state index contributed by atoms with van der Waals surface area (Å²) in [6.07, 6.45) is 10.4. The molecule has 0 spiro atoms. The monoisotopic (exact) mass is 331 g/mol. The molecule has 3 unspecified atom stereocenters. The van der Waals surface area contributed by atoms with Gasteiger partial charge in [-0.15, -0.1) is 0 Å². The van der Waals surface area contributed by atoms with Crippen LogP contribution in [0.2, 0.25) is 0 Å². The van der Waals surface area contributed by atoms with Crippen LogP contribution in [0, 0.1) is 5.92 Å². The molecule has 6 heteroatoms. The molecule has 0 bridgehead atoms. The molecule has 0 radical (unpaired) electrons. The Morgan fingerprint density at radius 3 is 2.50 bits per heavy atom. The lowest BCUT2D eigenvalue weighted by atomic mass is 9.96. The van der Waals surface area contributed by atoms with E-state index in [9.17, 15) is 19.4 Å². The average Bonchev–Trinajstić information content (AvgIpc) is 2.95. The van der Waals surface area contributed by atoms with Crippen molar-refractivity contribution >= 4 is 14.0 Å². The van der Waals surface area contributed by atoms with Crippen molar-refractivity contribution in [2.45, 2.75) is 76.4 Å². The molecule has 1 aliphatic carbocycles. The van der Waals surface area contributed by atoms with Crippen LogP contribution in [0.3, 0.4) is 0 Å². The Hall–Kier alpha value is -0.640. The lowest BCUT2D eigenvalue weighted by molar-refractivity contribution is -0.132. The topological polar surface area (TPSA) is 101 Å². The number of rotatable bonds is 10. The second-order valence-electron chi connectivity index (χ2n) is 6.33. The normalized spacial score (nSPS) is 20.8. The number of hydrogen-bond donors (Lipinski definition) is 3. The molecule has 0 saturated heterocycles. The molecule has 0 aliphatic heterocycles. The molecule has 5 nitrogen and oxygen atoms in total. The summed E-state index contributed by atoms with van der Waals surface area (Å²) in [6, 6.07) is -0.561. The lowest BCUT2D eigenvalue weighted by Gasteiger charge is -2.22. The predicted molar refractivity (Wildman–Crippen MR) is 89.4 cm³/mol. The number of allylic oxidation sites excluding steroid dienone is 1. The van der Waals surface area contributed by atoms with Crippen LogP contribution >= 0.6 is 8.03 Å². The van der Waals surface area contributed by atoms with Crippen LogP contribution in [0.1, 0.15) is 64.7 Å². The number of carboxylic acid groups (broad SMARTS) is 1. The van der Waals surface area contributed by atoms with Crippen LogP contribution in [-0.4, -0.2) is 27.7 Å². The highest BCUT2D eigenvalue weighted by molar-refractivity contribution is 7.39. The highest BCUT2D eigenvalue weighted by Crippen LogP contribution is 2.35. The van der Waals surface area contributed by atoms with Gasteiger partial charge in [0.1, 0.15) is 0 Å². The molecule has 128 valence electrons. The number of carbonyl (C=O) groups is 1. The molecule has 22 heavy (non-hydrogen) atoms. The Kier molecular flexibility index (Phi) is 8.99. The summed E-state index contributed by atoms with van der Waals surface area (Å²) in [5.41, 5.74) is 5.16. The first kappa shape index (κ1) is 19.4. The van der Waals surface area contributed by atoms with Gasteiger partial charge in [-0.25, -0.2) is 4.79 Å². The SMILES string of the molecule is CCCCCC(N)C(/C(=C\CC1CCCC1)C(=O)O)[PH](=O)O. The summed E-state index contributed by atoms with van der Waals surface area (Å²) in [4.78, 5) is 21.1. The number of aliphatic carboxylic acids is 1. The fourth-order valence-electron chi connectivity index (χ4n) is 3.23. The van der Waals surface area contributed by atoms with E-state index in [1.54, 1.807) is 6.08 Å². The molecule has 0 heterocycles. The molecular formula is C16H30NO4P. The fourth-order valence-corrected chi connectivity index (χ4v) is 4.27. The lowest BCUT2D eigenvalue weighted by Crippen LogP contribution is -2.36. The van der Waals surface area contributed by atoms with Gasteiger partial charge in [0.25, 0.3) is 0 Å². The average molecular weight is 331 g/mol. The number of nitrogens with two attached hydrogens (primary N) is 1. The fraction of sp³-hybridized carbons (Fsp3) is 0.812. The van der Waals surface area contributed by atoms with Crippen LogP contribution < -0.4 is 5.73 Å². The minimum Gasteiger partial charge on any atom is -0.478 e. The van der Waals surface area contributed by atoms with E-state index in [1.165, 1.54) is 12.8 Å². The molecule has 1 saturated carbocycles. The Bertz CT molecular complexity index is 405. The maximum Gasteiger partial charge on any atom is 0.332 e. The van der Waals surface area contributed by atoms with Crippen LogP contribution in [0.5, 0.6) is 0 Å². The third kappa shape index (κ3) is 6.23. The predicted octanol–water partition coefficient (Wildman–Crippen LogP) is 3.32. The quantitative estimate of drug-likeness (QED) is 0.324. The summed E-state index contributed by atoms with van der Waals surface area (Å²) in [5.74, 6) is -0.603. The summed E-state index contributed by atoms with van der Waals surface area (Å²) >= 11 is 0. The van der Waals surface area contributed by atoms with E-state index in [-0.39, 0.29) is 5.57 Å². The van der Waals surface area contributed by atoms with Crippen molar-refractivity contribution in [3.8, 4) is 0 Å². The minimum atomic E-state index is -3.02. The van der Waals surface area contributed by atoms with E-state index in [0.29, 0.717) is 18.8 Å². The summed E-state index contributed by atoms with van der Waals surface area (Å²) in [7, 11) is -3.02. The molecule has 1 aliphatic rings. The minimum absolute atomic E-state index is 0.0438.